The summed E-state index contributed by atoms with van der Waals surface area (Å²) in [6, 6.07) is 6.42. The predicted octanol–water partition coefficient (Wildman–Crippen LogP) is 3.49. The summed E-state index contributed by atoms with van der Waals surface area (Å²) in [5.41, 5.74) is 4.11. The third kappa shape index (κ3) is 1.32. The van der Waals surface area contributed by atoms with E-state index in [4.69, 9.17) is 4.74 Å². The van der Waals surface area contributed by atoms with Gasteiger partial charge in [-0.3, -0.25) is 4.90 Å². The van der Waals surface area contributed by atoms with Crippen molar-refractivity contribution in [2.75, 3.05) is 6.54 Å². The Bertz CT molecular complexity index is 818. The Hall–Kier alpha value is -1.97. The molecule has 22 heavy (non-hydrogen) atoms. The molecule has 1 aromatic carbocycles. The number of fused-ring (bicyclic) bond motifs is 2. The number of carbonyl (C=O) groups excluding carboxylic acids is 1. The van der Waals surface area contributed by atoms with Gasteiger partial charge in [0.1, 0.15) is 11.1 Å². The molecule has 0 saturated carbocycles. The Kier molecular flexibility index (Phi) is 2.40. The van der Waals surface area contributed by atoms with Gasteiger partial charge in [0.15, 0.2) is 0 Å². The van der Waals surface area contributed by atoms with Gasteiger partial charge in [-0.15, -0.1) is 0 Å². The van der Waals surface area contributed by atoms with Gasteiger partial charge in [0.05, 0.1) is 0 Å². The number of amides is 1. The maximum absolute atomic E-state index is 12.4. The van der Waals surface area contributed by atoms with Gasteiger partial charge in [-0.05, 0) is 51.3 Å². The lowest BCUT2D eigenvalue weighted by atomic mass is 9.76. The first kappa shape index (κ1) is 13.7. The molecule has 1 atom stereocenters. The minimum atomic E-state index is -0.552. The average Bonchev–Trinajstić information content (AvgIpc) is 2.73. The number of hydrogen-bond donors (Lipinski definition) is 0. The second kappa shape index (κ2) is 3.86. The highest BCUT2D eigenvalue weighted by molar-refractivity contribution is 5.91. The van der Waals surface area contributed by atoms with E-state index in [-0.39, 0.29) is 6.09 Å². The molecule has 1 aromatic heterocycles. The number of ether oxygens (including phenoxy) is 1. The van der Waals surface area contributed by atoms with Crippen LogP contribution in [0.15, 0.2) is 18.2 Å². The molecule has 2 aromatic rings. The molecule has 1 unspecified atom stereocenters. The van der Waals surface area contributed by atoms with E-state index in [1.807, 2.05) is 18.7 Å². The van der Waals surface area contributed by atoms with Gasteiger partial charge in [0.25, 0.3) is 0 Å². The molecule has 0 radical (unpaired) electrons. The monoisotopic (exact) mass is 298 g/mol. The first-order valence-corrected chi connectivity index (χ1v) is 7.87. The molecule has 1 saturated heterocycles. The summed E-state index contributed by atoms with van der Waals surface area (Å²) in [6.07, 6.45) is 0.678. The minimum absolute atomic E-state index is 0.198. The van der Waals surface area contributed by atoms with Crippen molar-refractivity contribution in [3.05, 3.63) is 35.0 Å². The molecule has 0 aliphatic carbocycles. The van der Waals surface area contributed by atoms with Crippen molar-refractivity contribution in [3.63, 3.8) is 0 Å². The van der Waals surface area contributed by atoms with Crippen molar-refractivity contribution >= 4 is 17.0 Å². The number of aromatic nitrogens is 1. The Balaban J connectivity index is 2.14. The number of aryl methyl sites for hydroxylation is 1. The van der Waals surface area contributed by atoms with E-state index in [0.717, 1.165) is 6.42 Å². The van der Waals surface area contributed by atoms with Crippen LogP contribution in [-0.2, 0) is 23.7 Å². The fourth-order valence-electron chi connectivity index (χ4n) is 4.30. The van der Waals surface area contributed by atoms with Crippen LogP contribution in [0, 0.1) is 6.92 Å². The SMILES string of the molecule is Cc1c2c3c(cccc3n1C)C1(C)N(CC2)C(=O)OC1(C)C. The van der Waals surface area contributed by atoms with E-state index < -0.39 is 11.1 Å². The Morgan fingerprint density at radius 3 is 2.68 bits per heavy atom. The number of carbonyl (C=O) groups is 1. The minimum Gasteiger partial charge on any atom is -0.440 e. The molecule has 116 valence electrons. The van der Waals surface area contributed by atoms with Crippen LogP contribution in [-0.4, -0.2) is 27.7 Å². The van der Waals surface area contributed by atoms with Crippen molar-refractivity contribution in [2.45, 2.75) is 45.3 Å². The predicted molar refractivity (Wildman–Crippen MR) is 86.0 cm³/mol. The zero-order valence-electron chi connectivity index (χ0n) is 13.9. The van der Waals surface area contributed by atoms with E-state index in [1.54, 1.807) is 0 Å². The maximum atomic E-state index is 12.4. The highest BCUT2D eigenvalue weighted by Crippen LogP contribution is 2.51. The first-order valence-electron chi connectivity index (χ1n) is 7.87. The van der Waals surface area contributed by atoms with Crippen molar-refractivity contribution < 1.29 is 9.53 Å². The lowest BCUT2D eigenvalue weighted by Crippen LogP contribution is -2.50. The van der Waals surface area contributed by atoms with Crippen molar-refractivity contribution in [2.24, 2.45) is 7.05 Å². The second-order valence-corrected chi connectivity index (χ2v) is 7.17. The Morgan fingerprint density at radius 2 is 1.95 bits per heavy atom. The molecule has 3 heterocycles. The molecule has 0 spiro atoms. The van der Waals surface area contributed by atoms with Crippen LogP contribution >= 0.6 is 0 Å². The Labute approximate surface area is 130 Å². The van der Waals surface area contributed by atoms with Gasteiger partial charge >= 0.3 is 6.09 Å². The van der Waals surface area contributed by atoms with Gasteiger partial charge in [-0.1, -0.05) is 12.1 Å². The Morgan fingerprint density at radius 1 is 1.23 bits per heavy atom. The fourth-order valence-corrected chi connectivity index (χ4v) is 4.30. The van der Waals surface area contributed by atoms with Crippen LogP contribution in [0.1, 0.15) is 37.6 Å². The van der Waals surface area contributed by atoms with Gasteiger partial charge in [-0.2, -0.15) is 0 Å². The summed E-state index contributed by atoms with van der Waals surface area (Å²) in [7, 11) is 2.12. The summed E-state index contributed by atoms with van der Waals surface area (Å²) < 4.78 is 7.98. The first-order chi connectivity index (χ1) is 10.3. The average molecular weight is 298 g/mol. The number of cyclic esters (lactones) is 1. The van der Waals surface area contributed by atoms with E-state index in [1.165, 1.54) is 27.7 Å². The van der Waals surface area contributed by atoms with Crippen LogP contribution < -0.4 is 0 Å². The fraction of sp³-hybridized carbons (Fsp3) is 0.500. The van der Waals surface area contributed by atoms with Crippen LogP contribution in [0.2, 0.25) is 0 Å². The highest BCUT2D eigenvalue weighted by Gasteiger charge is 2.59. The molecule has 1 fully saturated rings. The summed E-state index contributed by atoms with van der Waals surface area (Å²) in [5.74, 6) is 0. The molecule has 4 rings (SSSR count). The number of nitrogens with zero attached hydrogens (tertiary/aromatic N) is 2. The highest BCUT2D eigenvalue weighted by atomic mass is 16.6. The largest absolute Gasteiger partial charge is 0.440 e. The van der Waals surface area contributed by atoms with Crippen LogP contribution in [0.5, 0.6) is 0 Å². The summed E-state index contributed by atoms with van der Waals surface area (Å²) in [6.45, 7) is 9.05. The van der Waals surface area contributed by atoms with E-state index in [0.29, 0.717) is 6.54 Å². The number of rotatable bonds is 0. The molecule has 2 aliphatic heterocycles. The normalized spacial score (nSPS) is 26.0. The summed E-state index contributed by atoms with van der Waals surface area (Å²) >= 11 is 0. The number of benzene rings is 1. The molecule has 0 N–H and O–H groups in total. The molecular weight excluding hydrogens is 276 g/mol. The lowest BCUT2D eigenvalue weighted by molar-refractivity contribution is 0.0242. The lowest BCUT2D eigenvalue weighted by Gasteiger charge is -2.40. The third-order valence-electron chi connectivity index (χ3n) is 6.03. The quantitative estimate of drug-likeness (QED) is 0.746. The zero-order valence-corrected chi connectivity index (χ0v) is 13.9. The summed E-state index contributed by atoms with van der Waals surface area (Å²) in [5, 5.41) is 1.30. The van der Waals surface area contributed by atoms with Gasteiger partial charge in [-0.25, -0.2) is 4.79 Å². The maximum Gasteiger partial charge on any atom is 0.411 e. The van der Waals surface area contributed by atoms with Gasteiger partial charge in [0, 0.05) is 30.2 Å². The second-order valence-electron chi connectivity index (χ2n) is 7.17. The van der Waals surface area contributed by atoms with E-state index in [9.17, 15) is 4.79 Å². The molecule has 4 heteroatoms. The summed E-state index contributed by atoms with van der Waals surface area (Å²) in [4.78, 5) is 14.3. The smallest absolute Gasteiger partial charge is 0.411 e. The van der Waals surface area contributed by atoms with Gasteiger partial charge in [0.2, 0.25) is 0 Å². The van der Waals surface area contributed by atoms with Crippen molar-refractivity contribution in [3.8, 4) is 0 Å². The van der Waals surface area contributed by atoms with Crippen molar-refractivity contribution in [1.29, 1.82) is 0 Å². The molecular formula is C18H22N2O2. The number of hydrogen-bond acceptors (Lipinski definition) is 2. The van der Waals surface area contributed by atoms with Crippen LogP contribution in [0.3, 0.4) is 0 Å². The topological polar surface area (TPSA) is 34.5 Å². The van der Waals surface area contributed by atoms with Crippen molar-refractivity contribution in [1.82, 2.24) is 9.47 Å². The van der Waals surface area contributed by atoms with Crippen LogP contribution in [0.4, 0.5) is 4.79 Å². The van der Waals surface area contributed by atoms with E-state index >= 15 is 0 Å². The molecule has 4 nitrogen and oxygen atoms in total. The van der Waals surface area contributed by atoms with Crippen LogP contribution in [0.25, 0.3) is 10.9 Å². The molecule has 1 amide bonds. The standard InChI is InChI=1S/C18H22N2O2/c1-11-12-9-10-20-16(21)22-17(2,3)18(20,4)13-7-6-8-14(15(12)13)19(11)5/h6-8H,9-10H2,1-5H3. The molecule has 2 aliphatic rings. The van der Waals surface area contributed by atoms with Gasteiger partial charge < -0.3 is 9.30 Å². The van der Waals surface area contributed by atoms with E-state index in [2.05, 4.69) is 43.7 Å². The zero-order chi connectivity index (χ0) is 15.9. The third-order valence-corrected chi connectivity index (χ3v) is 6.03. The molecule has 0 bridgehead atoms.